The largest absolute Gasteiger partial charge is 0.468 e. The topological polar surface area (TPSA) is 39.2 Å². The molecule has 2 heterocycles. The van der Waals surface area contributed by atoms with Crippen molar-refractivity contribution in [3.8, 4) is 0 Å². The van der Waals surface area contributed by atoms with Crippen molar-refractivity contribution >= 4 is 39.0 Å². The molecular weight excluding hydrogens is 318 g/mol. The molecule has 2 nitrogen and oxygen atoms in total. The molecule has 0 aliphatic carbocycles. The number of rotatable bonds is 5. The summed E-state index contributed by atoms with van der Waals surface area (Å²) in [6.07, 6.45) is 1.71. The van der Waals surface area contributed by atoms with Gasteiger partial charge in [-0.3, -0.25) is 0 Å². The van der Waals surface area contributed by atoms with Crippen LogP contribution in [0.3, 0.4) is 0 Å². The van der Waals surface area contributed by atoms with E-state index in [9.17, 15) is 0 Å². The molecule has 0 aromatic carbocycles. The first-order chi connectivity index (χ1) is 8.16. The van der Waals surface area contributed by atoms with E-state index in [2.05, 4.69) is 27.4 Å². The molecule has 2 N–H and O–H groups in total. The van der Waals surface area contributed by atoms with Gasteiger partial charge in [0.1, 0.15) is 5.76 Å². The number of furan rings is 1. The van der Waals surface area contributed by atoms with Gasteiger partial charge >= 0.3 is 0 Å². The maximum absolute atomic E-state index is 6.06. The molecular formula is C12H14BrNOS2. The molecule has 0 saturated heterocycles. The summed E-state index contributed by atoms with van der Waals surface area (Å²) in [6, 6.07) is 6.18. The van der Waals surface area contributed by atoms with Crippen molar-refractivity contribution in [3.63, 3.8) is 0 Å². The van der Waals surface area contributed by atoms with Gasteiger partial charge in [-0.25, -0.2) is 0 Å². The predicted molar refractivity (Wildman–Crippen MR) is 78.4 cm³/mol. The molecule has 2 rings (SSSR count). The van der Waals surface area contributed by atoms with Crippen molar-refractivity contribution in [3.05, 3.63) is 45.0 Å². The summed E-state index contributed by atoms with van der Waals surface area (Å²) < 4.78 is 6.46. The Morgan fingerprint density at radius 1 is 1.59 bits per heavy atom. The highest BCUT2D eigenvalue weighted by atomic mass is 79.9. The fraction of sp³-hybridized carbons (Fsp3) is 0.333. The van der Waals surface area contributed by atoms with E-state index < -0.39 is 0 Å². The van der Waals surface area contributed by atoms with Crippen LogP contribution >= 0.6 is 39.0 Å². The maximum Gasteiger partial charge on any atom is 0.113 e. The van der Waals surface area contributed by atoms with Gasteiger partial charge in [-0.1, -0.05) is 0 Å². The summed E-state index contributed by atoms with van der Waals surface area (Å²) in [6.45, 7) is 2.05. The Balaban J connectivity index is 2.03. The average Bonchev–Trinajstić information content (AvgIpc) is 2.90. The standard InChI is InChI=1S/C12H14BrNOS2/c1-8(14)12(11-5-9(13)6-16-11)17-7-10-3-2-4-15-10/h2-6,8,12H,7,14H2,1H3. The van der Waals surface area contributed by atoms with Crippen LogP contribution in [0.15, 0.2) is 38.7 Å². The first kappa shape index (κ1) is 13.2. The minimum absolute atomic E-state index is 0.125. The molecule has 0 bridgehead atoms. The lowest BCUT2D eigenvalue weighted by Gasteiger charge is -2.18. The predicted octanol–water partition coefficient (Wildman–Crippen LogP) is 4.43. The Bertz CT molecular complexity index is 453. The number of hydrogen-bond acceptors (Lipinski definition) is 4. The smallest absolute Gasteiger partial charge is 0.113 e. The fourth-order valence-corrected chi connectivity index (χ4v) is 4.49. The highest BCUT2D eigenvalue weighted by Gasteiger charge is 2.19. The molecule has 2 unspecified atom stereocenters. The van der Waals surface area contributed by atoms with Crippen LogP contribution in [0, 0.1) is 0 Å². The van der Waals surface area contributed by atoms with Crippen molar-refractivity contribution in [2.24, 2.45) is 5.73 Å². The molecule has 0 spiro atoms. The Kier molecular flexibility index (Phi) is 4.73. The van der Waals surface area contributed by atoms with Gasteiger partial charge in [0.2, 0.25) is 0 Å². The molecule has 0 saturated carbocycles. The lowest BCUT2D eigenvalue weighted by Crippen LogP contribution is -2.22. The lowest BCUT2D eigenvalue weighted by atomic mass is 10.2. The van der Waals surface area contributed by atoms with Crippen LogP contribution in [0.4, 0.5) is 0 Å². The van der Waals surface area contributed by atoms with Crippen LogP contribution in [0.1, 0.15) is 22.8 Å². The Labute approximate surface area is 118 Å². The molecule has 2 atom stereocenters. The van der Waals surface area contributed by atoms with Gasteiger partial charge in [0.25, 0.3) is 0 Å². The van der Waals surface area contributed by atoms with Gasteiger partial charge in [0.05, 0.1) is 17.3 Å². The molecule has 0 aliphatic heterocycles. The highest BCUT2D eigenvalue weighted by Crippen LogP contribution is 2.38. The number of thioether (sulfide) groups is 1. The van der Waals surface area contributed by atoms with E-state index >= 15 is 0 Å². The third-order valence-electron chi connectivity index (χ3n) is 2.33. The summed E-state index contributed by atoms with van der Waals surface area (Å²) >= 11 is 7.05. The average molecular weight is 332 g/mol. The van der Waals surface area contributed by atoms with E-state index in [1.54, 1.807) is 17.6 Å². The maximum atomic E-state index is 6.06. The second-order valence-corrected chi connectivity index (χ2v) is 6.83. The summed E-state index contributed by atoms with van der Waals surface area (Å²) in [7, 11) is 0. The minimum Gasteiger partial charge on any atom is -0.468 e. The Hall–Kier alpha value is -0.230. The van der Waals surface area contributed by atoms with Crippen molar-refractivity contribution in [2.45, 2.75) is 24.0 Å². The van der Waals surface area contributed by atoms with Crippen molar-refractivity contribution in [2.75, 3.05) is 0 Å². The molecule has 0 radical (unpaired) electrons. The summed E-state index contributed by atoms with van der Waals surface area (Å²) in [5, 5.41) is 2.41. The number of hydrogen-bond donors (Lipinski definition) is 1. The van der Waals surface area contributed by atoms with Gasteiger partial charge in [-0.2, -0.15) is 0 Å². The SMILES string of the molecule is CC(N)C(SCc1ccco1)c1cc(Br)cs1. The zero-order valence-corrected chi connectivity index (χ0v) is 12.6. The van der Waals surface area contributed by atoms with E-state index in [4.69, 9.17) is 10.2 Å². The van der Waals surface area contributed by atoms with Gasteiger partial charge in [-0.15, -0.1) is 23.1 Å². The van der Waals surface area contributed by atoms with Gasteiger partial charge < -0.3 is 10.2 Å². The van der Waals surface area contributed by atoms with Crippen LogP contribution in [0.5, 0.6) is 0 Å². The van der Waals surface area contributed by atoms with E-state index in [0.29, 0.717) is 5.25 Å². The van der Waals surface area contributed by atoms with Crippen LogP contribution in [0.2, 0.25) is 0 Å². The van der Waals surface area contributed by atoms with E-state index in [-0.39, 0.29) is 6.04 Å². The molecule has 92 valence electrons. The van der Waals surface area contributed by atoms with Crippen LogP contribution < -0.4 is 5.73 Å². The fourth-order valence-electron chi connectivity index (χ4n) is 1.54. The Morgan fingerprint density at radius 3 is 2.94 bits per heavy atom. The zero-order chi connectivity index (χ0) is 12.3. The molecule has 0 fully saturated rings. The second-order valence-electron chi connectivity index (χ2n) is 3.84. The zero-order valence-electron chi connectivity index (χ0n) is 9.43. The van der Waals surface area contributed by atoms with E-state index in [1.165, 1.54) is 4.88 Å². The van der Waals surface area contributed by atoms with Crippen molar-refractivity contribution < 1.29 is 4.42 Å². The highest BCUT2D eigenvalue weighted by molar-refractivity contribution is 9.10. The number of nitrogens with two attached hydrogens (primary N) is 1. The summed E-state index contributed by atoms with van der Waals surface area (Å²) in [5.41, 5.74) is 6.06. The van der Waals surface area contributed by atoms with Gasteiger partial charge in [0, 0.05) is 20.8 Å². The van der Waals surface area contributed by atoms with Crippen LogP contribution in [-0.2, 0) is 5.75 Å². The second kappa shape index (κ2) is 6.09. The minimum atomic E-state index is 0.125. The quantitative estimate of drug-likeness (QED) is 0.881. The van der Waals surface area contributed by atoms with E-state index in [1.807, 2.05) is 30.8 Å². The molecule has 0 aliphatic rings. The monoisotopic (exact) mass is 331 g/mol. The van der Waals surface area contributed by atoms with E-state index in [0.717, 1.165) is 16.0 Å². The Morgan fingerprint density at radius 2 is 2.41 bits per heavy atom. The molecule has 2 aromatic heterocycles. The van der Waals surface area contributed by atoms with Crippen LogP contribution in [-0.4, -0.2) is 6.04 Å². The molecule has 0 amide bonds. The number of halogens is 1. The van der Waals surface area contributed by atoms with Gasteiger partial charge in [0.15, 0.2) is 0 Å². The van der Waals surface area contributed by atoms with Crippen molar-refractivity contribution in [1.29, 1.82) is 0 Å². The van der Waals surface area contributed by atoms with Crippen molar-refractivity contribution in [1.82, 2.24) is 0 Å². The first-order valence-electron chi connectivity index (χ1n) is 5.30. The summed E-state index contributed by atoms with van der Waals surface area (Å²) in [4.78, 5) is 1.31. The molecule has 5 heteroatoms. The summed E-state index contributed by atoms with van der Waals surface area (Å²) in [5.74, 6) is 1.85. The molecule has 2 aromatic rings. The lowest BCUT2D eigenvalue weighted by molar-refractivity contribution is 0.530. The first-order valence-corrected chi connectivity index (χ1v) is 8.02. The normalized spacial score (nSPS) is 14.8. The van der Waals surface area contributed by atoms with Gasteiger partial charge in [-0.05, 0) is 41.1 Å². The third-order valence-corrected chi connectivity index (χ3v) is 5.75. The third kappa shape index (κ3) is 3.61. The van der Waals surface area contributed by atoms with Crippen LogP contribution in [0.25, 0.3) is 0 Å². The molecule has 17 heavy (non-hydrogen) atoms. The number of thiophene rings is 1.